The van der Waals surface area contributed by atoms with Gasteiger partial charge in [0, 0.05) is 43.2 Å². The number of carbonyl (C=O) groups excluding carboxylic acids is 1. The molecular formula is C20H25N5O. The predicted octanol–water partition coefficient (Wildman–Crippen LogP) is 2.42. The van der Waals surface area contributed by atoms with Gasteiger partial charge in [0.1, 0.15) is 11.6 Å². The molecule has 26 heavy (non-hydrogen) atoms. The molecule has 0 unspecified atom stereocenters. The molecule has 2 aromatic heterocycles. The molecule has 0 saturated carbocycles. The van der Waals surface area contributed by atoms with E-state index >= 15 is 0 Å². The Kier molecular flexibility index (Phi) is 5.20. The first-order chi connectivity index (χ1) is 12.8. The summed E-state index contributed by atoms with van der Waals surface area (Å²) in [5.74, 6) is 2.30. The maximum Gasteiger partial charge on any atom is 0.160 e. The van der Waals surface area contributed by atoms with Crippen LogP contribution >= 0.6 is 0 Å². The number of rotatable bonds is 5. The molecule has 6 heteroatoms. The van der Waals surface area contributed by atoms with Crippen molar-refractivity contribution in [2.45, 2.75) is 25.7 Å². The number of likely N-dealkylation sites (tertiary alicyclic amines) is 1. The lowest BCUT2D eigenvalue weighted by Crippen LogP contribution is -2.39. The second-order valence-corrected chi connectivity index (χ2v) is 7.19. The van der Waals surface area contributed by atoms with Gasteiger partial charge >= 0.3 is 0 Å². The van der Waals surface area contributed by atoms with Crippen LogP contribution < -0.4 is 4.90 Å². The van der Waals surface area contributed by atoms with Crippen molar-refractivity contribution in [3.63, 3.8) is 0 Å². The Bertz CT molecular complexity index is 720. The number of hydrogen-bond acceptors (Lipinski definition) is 6. The normalized spacial score (nSPS) is 19.0. The molecule has 0 aliphatic carbocycles. The van der Waals surface area contributed by atoms with Gasteiger partial charge in [0.25, 0.3) is 0 Å². The zero-order chi connectivity index (χ0) is 17.8. The zero-order valence-electron chi connectivity index (χ0n) is 15.0. The minimum atomic E-state index is 0.212. The van der Waals surface area contributed by atoms with Crippen molar-refractivity contribution in [1.82, 2.24) is 19.9 Å². The molecule has 2 aliphatic heterocycles. The third kappa shape index (κ3) is 3.90. The molecule has 0 atom stereocenters. The van der Waals surface area contributed by atoms with E-state index < -0.39 is 0 Å². The van der Waals surface area contributed by atoms with E-state index in [1.54, 1.807) is 18.5 Å². The molecule has 0 N–H and O–H groups in total. The summed E-state index contributed by atoms with van der Waals surface area (Å²) in [5.41, 5.74) is 0.921. The lowest BCUT2D eigenvalue weighted by molar-refractivity contribution is -0.124. The standard InChI is InChI=1S/C20H25N5O/c26-18(15-24-10-1-2-11-24)16-6-12-25(13-7-16)19-5-4-17(14-23-19)20-21-8-3-9-22-20/h3-5,8-9,14,16H,1-2,6-7,10-13,15H2. The van der Waals surface area contributed by atoms with Crippen LogP contribution in [0.1, 0.15) is 25.7 Å². The van der Waals surface area contributed by atoms with Crippen LogP contribution in [0.25, 0.3) is 11.4 Å². The molecule has 6 nitrogen and oxygen atoms in total. The molecule has 2 fully saturated rings. The van der Waals surface area contributed by atoms with Crippen molar-refractivity contribution in [1.29, 1.82) is 0 Å². The first-order valence-electron chi connectivity index (χ1n) is 9.53. The van der Waals surface area contributed by atoms with Gasteiger partial charge in [-0.05, 0) is 57.0 Å². The molecule has 0 bridgehead atoms. The zero-order valence-corrected chi connectivity index (χ0v) is 15.0. The van der Waals surface area contributed by atoms with Crippen LogP contribution in [-0.4, -0.2) is 58.4 Å². The number of piperidine rings is 1. The number of ketones is 1. The fraction of sp³-hybridized carbons (Fsp3) is 0.500. The number of nitrogens with zero attached hydrogens (tertiary/aromatic N) is 5. The number of pyridine rings is 1. The minimum Gasteiger partial charge on any atom is -0.357 e. The average Bonchev–Trinajstić information content (AvgIpc) is 3.22. The van der Waals surface area contributed by atoms with Gasteiger partial charge in [-0.25, -0.2) is 15.0 Å². The van der Waals surface area contributed by atoms with Crippen LogP contribution in [-0.2, 0) is 4.79 Å². The van der Waals surface area contributed by atoms with Crippen LogP contribution in [0, 0.1) is 5.92 Å². The number of anilines is 1. The van der Waals surface area contributed by atoms with Gasteiger partial charge < -0.3 is 4.90 Å². The fourth-order valence-electron chi connectivity index (χ4n) is 3.87. The molecule has 0 spiro atoms. The summed E-state index contributed by atoms with van der Waals surface area (Å²) >= 11 is 0. The van der Waals surface area contributed by atoms with E-state index in [-0.39, 0.29) is 5.92 Å². The quantitative estimate of drug-likeness (QED) is 0.824. The summed E-state index contributed by atoms with van der Waals surface area (Å²) in [6.07, 6.45) is 9.63. The molecule has 4 heterocycles. The Balaban J connectivity index is 1.32. The molecule has 2 saturated heterocycles. The van der Waals surface area contributed by atoms with E-state index in [1.165, 1.54) is 12.8 Å². The van der Waals surface area contributed by atoms with Crippen molar-refractivity contribution in [2.75, 3.05) is 37.6 Å². The molecular weight excluding hydrogens is 326 g/mol. The van der Waals surface area contributed by atoms with Gasteiger partial charge in [-0.2, -0.15) is 0 Å². The van der Waals surface area contributed by atoms with Crippen LogP contribution in [0.4, 0.5) is 5.82 Å². The van der Waals surface area contributed by atoms with Gasteiger partial charge in [-0.1, -0.05) is 0 Å². The van der Waals surface area contributed by atoms with E-state index in [1.807, 2.05) is 18.3 Å². The molecule has 2 aliphatic rings. The van der Waals surface area contributed by atoms with E-state index in [9.17, 15) is 4.79 Å². The van der Waals surface area contributed by atoms with Crippen LogP contribution in [0.2, 0.25) is 0 Å². The van der Waals surface area contributed by atoms with E-state index in [2.05, 4.69) is 24.8 Å². The predicted molar refractivity (Wildman–Crippen MR) is 101 cm³/mol. The average molecular weight is 351 g/mol. The highest BCUT2D eigenvalue weighted by Gasteiger charge is 2.27. The topological polar surface area (TPSA) is 62.2 Å². The summed E-state index contributed by atoms with van der Waals surface area (Å²) in [7, 11) is 0. The number of aromatic nitrogens is 3. The molecule has 4 rings (SSSR count). The minimum absolute atomic E-state index is 0.212. The van der Waals surface area contributed by atoms with Crippen molar-refractivity contribution in [3.05, 3.63) is 36.8 Å². The highest BCUT2D eigenvalue weighted by Crippen LogP contribution is 2.24. The molecule has 136 valence electrons. The molecule has 0 amide bonds. The van der Waals surface area contributed by atoms with Crippen LogP contribution in [0.3, 0.4) is 0 Å². The monoisotopic (exact) mass is 351 g/mol. The third-order valence-electron chi connectivity index (χ3n) is 5.42. The van der Waals surface area contributed by atoms with Gasteiger partial charge in [0.15, 0.2) is 5.82 Å². The van der Waals surface area contributed by atoms with Crippen molar-refractivity contribution in [3.8, 4) is 11.4 Å². The molecule has 0 radical (unpaired) electrons. The SMILES string of the molecule is O=C(CN1CCCC1)C1CCN(c2ccc(-c3ncccn3)cn2)CC1. The van der Waals surface area contributed by atoms with Crippen molar-refractivity contribution < 1.29 is 4.79 Å². The van der Waals surface area contributed by atoms with Gasteiger partial charge in [0.05, 0.1) is 6.54 Å². The second kappa shape index (κ2) is 7.91. The highest BCUT2D eigenvalue weighted by molar-refractivity contribution is 5.83. The summed E-state index contributed by atoms with van der Waals surface area (Å²) in [6, 6.07) is 5.85. The first kappa shape index (κ1) is 17.1. The second-order valence-electron chi connectivity index (χ2n) is 7.19. The Morgan fingerprint density at radius 1 is 1.00 bits per heavy atom. The lowest BCUT2D eigenvalue weighted by Gasteiger charge is -2.32. The Morgan fingerprint density at radius 3 is 2.38 bits per heavy atom. The maximum atomic E-state index is 12.5. The molecule has 2 aromatic rings. The summed E-state index contributed by atoms with van der Waals surface area (Å²) in [5, 5.41) is 0. The van der Waals surface area contributed by atoms with Gasteiger partial charge in [-0.15, -0.1) is 0 Å². The van der Waals surface area contributed by atoms with Crippen molar-refractivity contribution in [2.24, 2.45) is 5.92 Å². The molecule has 0 aromatic carbocycles. The smallest absolute Gasteiger partial charge is 0.160 e. The Morgan fingerprint density at radius 2 is 1.73 bits per heavy atom. The lowest BCUT2D eigenvalue weighted by atomic mass is 9.92. The highest BCUT2D eigenvalue weighted by atomic mass is 16.1. The van der Waals surface area contributed by atoms with E-state index in [0.717, 1.165) is 50.4 Å². The Hall–Kier alpha value is -2.34. The van der Waals surface area contributed by atoms with E-state index in [0.29, 0.717) is 18.2 Å². The van der Waals surface area contributed by atoms with Gasteiger partial charge in [0.2, 0.25) is 0 Å². The summed E-state index contributed by atoms with van der Waals surface area (Å²) in [6.45, 7) is 4.61. The number of carbonyl (C=O) groups is 1. The largest absolute Gasteiger partial charge is 0.357 e. The number of hydrogen-bond donors (Lipinski definition) is 0. The fourth-order valence-corrected chi connectivity index (χ4v) is 3.87. The number of Topliss-reactive ketones (excluding diaryl/α,β-unsaturated/α-hetero) is 1. The maximum absolute atomic E-state index is 12.5. The first-order valence-corrected chi connectivity index (χ1v) is 9.53. The summed E-state index contributed by atoms with van der Waals surface area (Å²) in [4.78, 5) is 30.2. The Labute approximate surface area is 154 Å². The van der Waals surface area contributed by atoms with Crippen molar-refractivity contribution >= 4 is 11.6 Å². The van der Waals surface area contributed by atoms with Gasteiger partial charge in [-0.3, -0.25) is 9.69 Å². The third-order valence-corrected chi connectivity index (χ3v) is 5.42. The van der Waals surface area contributed by atoms with Crippen LogP contribution in [0.15, 0.2) is 36.8 Å². The summed E-state index contributed by atoms with van der Waals surface area (Å²) < 4.78 is 0. The van der Waals surface area contributed by atoms with E-state index in [4.69, 9.17) is 0 Å². The van der Waals surface area contributed by atoms with Crippen LogP contribution in [0.5, 0.6) is 0 Å².